The number of amides is 1. The predicted octanol–water partition coefficient (Wildman–Crippen LogP) is 2.53. The molecule has 0 aromatic heterocycles. The SMILES string of the molecule is CNCC1CCN(C(=O)c2ccc(OC)c(Br)c2)CC1. The van der Waals surface area contributed by atoms with E-state index in [4.69, 9.17) is 4.74 Å². The van der Waals surface area contributed by atoms with Gasteiger partial charge in [-0.25, -0.2) is 0 Å². The summed E-state index contributed by atoms with van der Waals surface area (Å²) in [5.74, 6) is 1.54. The molecular formula is C15H21BrN2O2. The summed E-state index contributed by atoms with van der Waals surface area (Å²) in [5.41, 5.74) is 0.713. The molecule has 1 heterocycles. The van der Waals surface area contributed by atoms with Crippen LogP contribution in [0, 0.1) is 5.92 Å². The Kier molecular flexibility index (Phi) is 5.43. The van der Waals surface area contributed by atoms with Gasteiger partial charge in [-0.15, -0.1) is 0 Å². The minimum Gasteiger partial charge on any atom is -0.496 e. The van der Waals surface area contributed by atoms with Crippen molar-refractivity contribution in [1.82, 2.24) is 10.2 Å². The summed E-state index contributed by atoms with van der Waals surface area (Å²) in [4.78, 5) is 14.4. The molecular weight excluding hydrogens is 320 g/mol. The lowest BCUT2D eigenvalue weighted by atomic mass is 9.96. The fourth-order valence-corrected chi connectivity index (χ4v) is 3.15. The second-order valence-corrected chi connectivity index (χ2v) is 6.00. The van der Waals surface area contributed by atoms with Gasteiger partial charge in [0.15, 0.2) is 0 Å². The monoisotopic (exact) mass is 340 g/mol. The number of carbonyl (C=O) groups is 1. The van der Waals surface area contributed by atoms with Crippen LogP contribution in [0.15, 0.2) is 22.7 Å². The number of nitrogens with zero attached hydrogens (tertiary/aromatic N) is 1. The van der Waals surface area contributed by atoms with E-state index in [1.165, 1.54) is 0 Å². The molecule has 4 nitrogen and oxygen atoms in total. The van der Waals surface area contributed by atoms with Crippen LogP contribution in [0.25, 0.3) is 0 Å². The van der Waals surface area contributed by atoms with Crippen molar-refractivity contribution in [3.8, 4) is 5.75 Å². The Morgan fingerprint density at radius 1 is 1.45 bits per heavy atom. The van der Waals surface area contributed by atoms with Crippen molar-refractivity contribution < 1.29 is 9.53 Å². The van der Waals surface area contributed by atoms with E-state index >= 15 is 0 Å². The second-order valence-electron chi connectivity index (χ2n) is 5.14. The van der Waals surface area contributed by atoms with E-state index < -0.39 is 0 Å². The molecule has 1 aromatic carbocycles. The second kappa shape index (κ2) is 7.09. The summed E-state index contributed by atoms with van der Waals surface area (Å²) in [7, 11) is 3.60. The van der Waals surface area contributed by atoms with Crippen molar-refractivity contribution in [2.45, 2.75) is 12.8 Å². The summed E-state index contributed by atoms with van der Waals surface area (Å²) in [6.45, 7) is 2.72. The molecule has 0 bridgehead atoms. The molecule has 0 radical (unpaired) electrons. The van der Waals surface area contributed by atoms with E-state index in [2.05, 4.69) is 21.2 Å². The minimum absolute atomic E-state index is 0.108. The van der Waals surface area contributed by atoms with Crippen LogP contribution in [0.1, 0.15) is 23.2 Å². The zero-order valence-corrected chi connectivity index (χ0v) is 13.6. The Bertz CT molecular complexity index is 471. The van der Waals surface area contributed by atoms with Crippen LogP contribution in [0.3, 0.4) is 0 Å². The van der Waals surface area contributed by atoms with Crippen molar-refractivity contribution >= 4 is 21.8 Å². The minimum atomic E-state index is 0.108. The van der Waals surface area contributed by atoms with Crippen molar-refractivity contribution in [3.63, 3.8) is 0 Å². The van der Waals surface area contributed by atoms with E-state index in [9.17, 15) is 4.79 Å². The summed E-state index contributed by atoms with van der Waals surface area (Å²) in [6, 6.07) is 5.48. The van der Waals surface area contributed by atoms with Crippen molar-refractivity contribution in [1.29, 1.82) is 0 Å². The highest BCUT2D eigenvalue weighted by Gasteiger charge is 2.23. The first kappa shape index (κ1) is 15.3. The molecule has 1 amide bonds. The van der Waals surface area contributed by atoms with Crippen LogP contribution in [-0.4, -0.2) is 44.6 Å². The average Bonchev–Trinajstić information content (AvgIpc) is 2.47. The van der Waals surface area contributed by atoms with Crippen LogP contribution in [0.5, 0.6) is 5.75 Å². The number of hydrogen-bond acceptors (Lipinski definition) is 3. The van der Waals surface area contributed by atoms with E-state index in [0.717, 1.165) is 42.7 Å². The predicted molar refractivity (Wildman–Crippen MR) is 83.2 cm³/mol. The molecule has 1 aliphatic heterocycles. The molecule has 20 heavy (non-hydrogen) atoms. The topological polar surface area (TPSA) is 41.6 Å². The first-order valence-electron chi connectivity index (χ1n) is 6.93. The molecule has 1 aromatic rings. The normalized spacial score (nSPS) is 16.2. The van der Waals surface area contributed by atoms with E-state index in [0.29, 0.717) is 11.5 Å². The summed E-state index contributed by atoms with van der Waals surface area (Å²) in [6.07, 6.45) is 2.15. The van der Waals surface area contributed by atoms with Gasteiger partial charge in [-0.3, -0.25) is 4.79 Å². The number of carbonyl (C=O) groups excluding carboxylic acids is 1. The highest BCUT2D eigenvalue weighted by Crippen LogP contribution is 2.27. The zero-order chi connectivity index (χ0) is 14.5. The van der Waals surface area contributed by atoms with Crippen LogP contribution >= 0.6 is 15.9 Å². The Balaban J connectivity index is 2.00. The molecule has 0 unspecified atom stereocenters. The van der Waals surface area contributed by atoms with Crippen molar-refractivity contribution in [3.05, 3.63) is 28.2 Å². The van der Waals surface area contributed by atoms with Gasteiger partial charge < -0.3 is 15.0 Å². The first-order chi connectivity index (χ1) is 9.65. The molecule has 0 aliphatic carbocycles. The quantitative estimate of drug-likeness (QED) is 0.915. The maximum atomic E-state index is 12.5. The van der Waals surface area contributed by atoms with Gasteiger partial charge in [-0.05, 0) is 66.5 Å². The van der Waals surface area contributed by atoms with Gasteiger partial charge in [0.05, 0.1) is 11.6 Å². The third-order valence-electron chi connectivity index (χ3n) is 3.79. The maximum absolute atomic E-state index is 12.5. The Hall–Kier alpha value is -1.07. The third-order valence-corrected chi connectivity index (χ3v) is 4.41. The molecule has 0 saturated carbocycles. The highest BCUT2D eigenvalue weighted by atomic mass is 79.9. The van der Waals surface area contributed by atoms with Crippen molar-refractivity contribution in [2.24, 2.45) is 5.92 Å². The van der Waals surface area contributed by atoms with Crippen LogP contribution < -0.4 is 10.1 Å². The lowest BCUT2D eigenvalue weighted by Gasteiger charge is -2.32. The Morgan fingerprint density at radius 3 is 2.70 bits per heavy atom. The van der Waals surface area contributed by atoms with Gasteiger partial charge in [-0.2, -0.15) is 0 Å². The first-order valence-corrected chi connectivity index (χ1v) is 7.72. The smallest absolute Gasteiger partial charge is 0.253 e. The van der Waals surface area contributed by atoms with Gasteiger partial charge in [0.25, 0.3) is 5.91 Å². The number of piperidine rings is 1. The van der Waals surface area contributed by atoms with E-state index in [1.807, 2.05) is 30.1 Å². The number of halogens is 1. The van der Waals surface area contributed by atoms with E-state index in [1.54, 1.807) is 7.11 Å². The third kappa shape index (κ3) is 3.52. The van der Waals surface area contributed by atoms with Crippen LogP contribution in [0.2, 0.25) is 0 Å². The molecule has 2 rings (SSSR count). The number of benzene rings is 1. The number of methoxy groups -OCH3 is 1. The summed E-state index contributed by atoms with van der Waals surface area (Å²) in [5, 5.41) is 3.21. The molecule has 0 atom stereocenters. The van der Waals surface area contributed by atoms with Gasteiger partial charge in [0, 0.05) is 18.7 Å². The highest BCUT2D eigenvalue weighted by molar-refractivity contribution is 9.10. The number of hydrogen-bond donors (Lipinski definition) is 1. The number of rotatable bonds is 4. The maximum Gasteiger partial charge on any atom is 0.253 e. The number of nitrogens with one attached hydrogen (secondary N) is 1. The standard InChI is InChI=1S/C15H21BrN2O2/c1-17-10-11-5-7-18(8-6-11)15(19)12-3-4-14(20-2)13(16)9-12/h3-4,9,11,17H,5-8,10H2,1-2H3. The van der Waals surface area contributed by atoms with Gasteiger partial charge >= 0.3 is 0 Å². The number of ether oxygens (including phenoxy) is 1. The molecule has 1 N–H and O–H groups in total. The van der Waals surface area contributed by atoms with Gasteiger partial charge in [0.2, 0.25) is 0 Å². The Morgan fingerprint density at radius 2 is 2.15 bits per heavy atom. The zero-order valence-electron chi connectivity index (χ0n) is 12.0. The van der Waals surface area contributed by atoms with E-state index in [-0.39, 0.29) is 5.91 Å². The molecule has 1 saturated heterocycles. The van der Waals surface area contributed by atoms with Crippen LogP contribution in [0.4, 0.5) is 0 Å². The average molecular weight is 341 g/mol. The number of likely N-dealkylation sites (tertiary alicyclic amines) is 1. The lowest BCUT2D eigenvalue weighted by molar-refractivity contribution is 0.0691. The van der Waals surface area contributed by atoms with Crippen molar-refractivity contribution in [2.75, 3.05) is 33.8 Å². The lowest BCUT2D eigenvalue weighted by Crippen LogP contribution is -2.40. The molecule has 1 aliphatic rings. The molecule has 110 valence electrons. The van der Waals surface area contributed by atoms with Crippen LogP contribution in [-0.2, 0) is 0 Å². The summed E-state index contributed by atoms with van der Waals surface area (Å²) < 4.78 is 6.00. The molecule has 5 heteroatoms. The molecule has 0 spiro atoms. The fraction of sp³-hybridized carbons (Fsp3) is 0.533. The Labute approximate surface area is 128 Å². The van der Waals surface area contributed by atoms with Gasteiger partial charge in [0.1, 0.15) is 5.75 Å². The largest absolute Gasteiger partial charge is 0.496 e. The fourth-order valence-electron chi connectivity index (χ4n) is 2.61. The van der Waals surface area contributed by atoms with Gasteiger partial charge in [-0.1, -0.05) is 0 Å². The molecule has 1 fully saturated rings. The summed E-state index contributed by atoms with van der Waals surface area (Å²) >= 11 is 3.43.